The molecule has 1 saturated heterocycles. The van der Waals surface area contributed by atoms with Gasteiger partial charge < -0.3 is 10.6 Å². The quantitative estimate of drug-likeness (QED) is 0.845. The van der Waals surface area contributed by atoms with E-state index >= 15 is 0 Å². The Morgan fingerprint density at radius 1 is 1.45 bits per heavy atom. The van der Waals surface area contributed by atoms with Crippen molar-refractivity contribution >= 4 is 17.5 Å². The number of carbonyl (C=O) groups is 1. The highest BCUT2D eigenvalue weighted by molar-refractivity contribution is 6.30. The van der Waals surface area contributed by atoms with Crippen LogP contribution in [0.5, 0.6) is 0 Å². The Hall–Kier alpha value is -1.10. The summed E-state index contributed by atoms with van der Waals surface area (Å²) < 4.78 is 0. The van der Waals surface area contributed by atoms with Crippen LogP contribution >= 0.6 is 11.6 Å². The van der Waals surface area contributed by atoms with Crippen molar-refractivity contribution in [1.82, 2.24) is 15.5 Å². The van der Waals surface area contributed by atoms with E-state index in [0.717, 1.165) is 30.1 Å². The van der Waals surface area contributed by atoms with Crippen LogP contribution in [-0.2, 0) is 11.3 Å². The van der Waals surface area contributed by atoms with Crippen LogP contribution in [0, 0.1) is 0 Å². The van der Waals surface area contributed by atoms with E-state index in [9.17, 15) is 4.79 Å². The summed E-state index contributed by atoms with van der Waals surface area (Å²) in [5, 5.41) is 7.24. The standard InChI is InChI=1S/C17H26ClN3O/c1-4-19-17(22)16-9-15(20-12(2)3)11-21(16)10-13-6-5-7-14(18)8-13/h5-8,12,15-16,20H,4,9-11H2,1-3H3,(H,19,22)/t15-,16+/m1/s1. The van der Waals surface area contributed by atoms with Crippen molar-refractivity contribution in [2.75, 3.05) is 13.1 Å². The summed E-state index contributed by atoms with van der Waals surface area (Å²) in [5.41, 5.74) is 1.15. The molecule has 0 bridgehead atoms. The van der Waals surface area contributed by atoms with Crippen molar-refractivity contribution in [3.05, 3.63) is 34.9 Å². The normalized spacial score (nSPS) is 22.2. The molecule has 1 fully saturated rings. The van der Waals surface area contributed by atoms with E-state index in [-0.39, 0.29) is 11.9 Å². The van der Waals surface area contributed by atoms with Gasteiger partial charge in [-0.1, -0.05) is 37.6 Å². The molecular formula is C17H26ClN3O. The maximum Gasteiger partial charge on any atom is 0.237 e. The Morgan fingerprint density at radius 2 is 2.23 bits per heavy atom. The maximum absolute atomic E-state index is 12.3. The van der Waals surface area contributed by atoms with Crippen molar-refractivity contribution in [3.63, 3.8) is 0 Å². The molecule has 0 spiro atoms. The zero-order valence-electron chi connectivity index (χ0n) is 13.6. The zero-order chi connectivity index (χ0) is 16.1. The van der Waals surface area contributed by atoms with E-state index in [0.29, 0.717) is 18.6 Å². The van der Waals surface area contributed by atoms with Gasteiger partial charge in [0.2, 0.25) is 5.91 Å². The van der Waals surface area contributed by atoms with E-state index in [4.69, 9.17) is 11.6 Å². The van der Waals surface area contributed by atoms with Crippen LogP contribution in [-0.4, -0.2) is 42.0 Å². The van der Waals surface area contributed by atoms with Crippen LogP contribution in [0.15, 0.2) is 24.3 Å². The molecule has 1 heterocycles. The van der Waals surface area contributed by atoms with Crippen LogP contribution in [0.2, 0.25) is 5.02 Å². The number of likely N-dealkylation sites (tertiary alicyclic amines) is 1. The Kier molecular flexibility index (Phi) is 6.24. The molecule has 0 saturated carbocycles. The summed E-state index contributed by atoms with van der Waals surface area (Å²) in [6, 6.07) is 8.56. The summed E-state index contributed by atoms with van der Waals surface area (Å²) in [6.45, 7) is 8.53. The molecule has 1 aromatic carbocycles. The van der Waals surface area contributed by atoms with Crippen LogP contribution in [0.25, 0.3) is 0 Å². The fourth-order valence-corrected chi connectivity index (χ4v) is 3.32. The number of halogens is 1. The molecule has 2 N–H and O–H groups in total. The van der Waals surface area contributed by atoms with Gasteiger partial charge in [0.25, 0.3) is 0 Å². The minimum atomic E-state index is -0.0739. The van der Waals surface area contributed by atoms with Gasteiger partial charge in [-0.15, -0.1) is 0 Å². The summed E-state index contributed by atoms with van der Waals surface area (Å²) in [5.74, 6) is 0.123. The molecular weight excluding hydrogens is 298 g/mol. The van der Waals surface area contributed by atoms with E-state index in [1.54, 1.807) is 0 Å². The van der Waals surface area contributed by atoms with Crippen LogP contribution in [0.3, 0.4) is 0 Å². The van der Waals surface area contributed by atoms with Crippen molar-refractivity contribution in [3.8, 4) is 0 Å². The fourth-order valence-electron chi connectivity index (χ4n) is 3.11. The monoisotopic (exact) mass is 323 g/mol. The molecule has 0 unspecified atom stereocenters. The van der Waals surface area contributed by atoms with Gasteiger partial charge in [0.15, 0.2) is 0 Å². The number of hydrogen-bond donors (Lipinski definition) is 2. The fraction of sp³-hybridized carbons (Fsp3) is 0.588. The maximum atomic E-state index is 12.3. The molecule has 1 aliphatic heterocycles. The topological polar surface area (TPSA) is 44.4 Å². The number of likely N-dealkylation sites (N-methyl/N-ethyl adjacent to an activating group) is 1. The lowest BCUT2D eigenvalue weighted by Gasteiger charge is -2.23. The average Bonchev–Trinajstić information content (AvgIpc) is 2.81. The molecule has 1 aliphatic rings. The highest BCUT2D eigenvalue weighted by Crippen LogP contribution is 2.22. The van der Waals surface area contributed by atoms with Crippen LogP contribution in [0.4, 0.5) is 0 Å². The first kappa shape index (κ1) is 17.3. The van der Waals surface area contributed by atoms with Gasteiger partial charge in [0.1, 0.15) is 0 Å². The number of nitrogens with zero attached hydrogens (tertiary/aromatic N) is 1. The third kappa shape index (κ3) is 4.70. The third-order valence-corrected chi connectivity index (χ3v) is 4.14. The van der Waals surface area contributed by atoms with Gasteiger partial charge in [0.05, 0.1) is 6.04 Å². The molecule has 0 aliphatic carbocycles. The number of amides is 1. The predicted octanol–water partition coefficient (Wildman–Crippen LogP) is 2.42. The minimum absolute atomic E-state index is 0.0739. The van der Waals surface area contributed by atoms with Crippen molar-refractivity contribution in [1.29, 1.82) is 0 Å². The second-order valence-electron chi connectivity index (χ2n) is 6.22. The SMILES string of the molecule is CCNC(=O)[C@@H]1C[C@@H](NC(C)C)CN1Cc1cccc(Cl)c1. The smallest absolute Gasteiger partial charge is 0.237 e. The Labute approximate surface area is 138 Å². The largest absolute Gasteiger partial charge is 0.355 e. The Balaban J connectivity index is 2.08. The van der Waals surface area contributed by atoms with E-state index < -0.39 is 0 Å². The second-order valence-corrected chi connectivity index (χ2v) is 6.66. The minimum Gasteiger partial charge on any atom is -0.355 e. The van der Waals surface area contributed by atoms with Gasteiger partial charge >= 0.3 is 0 Å². The van der Waals surface area contributed by atoms with E-state index in [2.05, 4.69) is 35.4 Å². The van der Waals surface area contributed by atoms with Gasteiger partial charge in [-0.25, -0.2) is 0 Å². The molecule has 5 heteroatoms. The lowest BCUT2D eigenvalue weighted by atomic mass is 10.1. The number of benzene rings is 1. The second kappa shape index (κ2) is 7.95. The first-order valence-corrected chi connectivity index (χ1v) is 8.39. The Bertz CT molecular complexity index is 506. The molecule has 2 atom stereocenters. The first-order valence-electron chi connectivity index (χ1n) is 8.01. The molecule has 4 nitrogen and oxygen atoms in total. The van der Waals surface area contributed by atoms with Crippen LogP contribution < -0.4 is 10.6 Å². The number of nitrogens with one attached hydrogen (secondary N) is 2. The number of carbonyl (C=O) groups excluding carboxylic acids is 1. The summed E-state index contributed by atoms with van der Waals surface area (Å²) in [7, 11) is 0. The van der Waals surface area contributed by atoms with Crippen molar-refractivity contribution in [2.24, 2.45) is 0 Å². The van der Waals surface area contributed by atoms with Gasteiger partial charge in [-0.2, -0.15) is 0 Å². The molecule has 0 radical (unpaired) electrons. The predicted molar refractivity (Wildman–Crippen MR) is 91.0 cm³/mol. The average molecular weight is 324 g/mol. The highest BCUT2D eigenvalue weighted by atomic mass is 35.5. The molecule has 1 amide bonds. The molecule has 0 aromatic heterocycles. The number of rotatable bonds is 6. The van der Waals surface area contributed by atoms with Crippen LogP contribution in [0.1, 0.15) is 32.8 Å². The summed E-state index contributed by atoms with van der Waals surface area (Å²) >= 11 is 6.07. The highest BCUT2D eigenvalue weighted by Gasteiger charge is 2.36. The van der Waals surface area contributed by atoms with Gasteiger partial charge in [-0.3, -0.25) is 9.69 Å². The van der Waals surface area contributed by atoms with Gasteiger partial charge in [0, 0.05) is 36.7 Å². The summed E-state index contributed by atoms with van der Waals surface area (Å²) in [4.78, 5) is 14.6. The lowest BCUT2D eigenvalue weighted by Crippen LogP contribution is -2.42. The van der Waals surface area contributed by atoms with Crippen molar-refractivity contribution < 1.29 is 4.79 Å². The van der Waals surface area contributed by atoms with Crippen molar-refractivity contribution in [2.45, 2.75) is 51.9 Å². The zero-order valence-corrected chi connectivity index (χ0v) is 14.4. The molecule has 122 valence electrons. The lowest BCUT2D eigenvalue weighted by molar-refractivity contribution is -0.125. The molecule has 1 aromatic rings. The summed E-state index contributed by atoms with van der Waals surface area (Å²) in [6.07, 6.45) is 0.852. The van der Waals surface area contributed by atoms with Gasteiger partial charge in [-0.05, 0) is 31.0 Å². The van der Waals surface area contributed by atoms with E-state index in [1.807, 2.05) is 25.1 Å². The number of hydrogen-bond acceptors (Lipinski definition) is 3. The molecule has 22 heavy (non-hydrogen) atoms. The van der Waals surface area contributed by atoms with E-state index in [1.165, 1.54) is 0 Å². The molecule has 2 rings (SSSR count). The third-order valence-electron chi connectivity index (χ3n) is 3.90. The first-order chi connectivity index (χ1) is 10.5. The Morgan fingerprint density at radius 3 is 2.86 bits per heavy atom.